The minimum Gasteiger partial charge on any atom is -0.307 e. The predicted octanol–water partition coefficient (Wildman–Crippen LogP) is 6.50. The van der Waals surface area contributed by atoms with Crippen LogP contribution >= 0.6 is 0 Å². The van der Waals surface area contributed by atoms with Gasteiger partial charge >= 0.3 is 6.03 Å². The zero-order valence-electron chi connectivity index (χ0n) is 20.4. The highest BCUT2D eigenvalue weighted by atomic mass is 19.1. The third kappa shape index (κ3) is 3.98. The highest BCUT2D eigenvalue weighted by Crippen LogP contribution is 2.39. The first-order valence-electron chi connectivity index (χ1n) is 12.4. The van der Waals surface area contributed by atoms with Gasteiger partial charge in [0, 0.05) is 11.8 Å². The topological polar surface area (TPSA) is 55.1 Å². The number of nitrogens with zero attached hydrogens (tertiary/aromatic N) is 4. The minimum atomic E-state index is -0.475. The van der Waals surface area contributed by atoms with Gasteiger partial charge in [0.05, 0.1) is 35.3 Å². The van der Waals surface area contributed by atoms with Gasteiger partial charge in [-0.1, -0.05) is 67.6 Å². The fourth-order valence-electron chi connectivity index (χ4n) is 5.08. The number of hydrogen-bond acceptors (Lipinski definition) is 2. The number of hydrogen-bond donors (Lipinski definition) is 1. The van der Waals surface area contributed by atoms with Gasteiger partial charge in [-0.15, -0.1) is 0 Å². The van der Waals surface area contributed by atoms with Gasteiger partial charge in [-0.05, 0) is 48.4 Å². The van der Waals surface area contributed by atoms with Crippen molar-refractivity contribution in [1.29, 1.82) is 0 Å². The molecule has 7 heteroatoms. The first-order valence-corrected chi connectivity index (χ1v) is 12.4. The normalized spacial score (nSPS) is 14.5. The molecule has 3 heterocycles. The van der Waals surface area contributed by atoms with Gasteiger partial charge in [0.15, 0.2) is 0 Å². The largest absolute Gasteiger partial charge is 0.323 e. The maximum Gasteiger partial charge on any atom is 0.323 e. The van der Waals surface area contributed by atoms with Crippen molar-refractivity contribution >= 4 is 11.7 Å². The van der Waals surface area contributed by atoms with Crippen LogP contribution in [0.4, 0.5) is 14.9 Å². The molecule has 0 unspecified atom stereocenters. The molecular formula is C30H26FN5O. The summed E-state index contributed by atoms with van der Waals surface area (Å²) in [4.78, 5) is 15.7. The van der Waals surface area contributed by atoms with E-state index in [-0.39, 0.29) is 11.7 Å². The standard InChI is InChI=1S/C30H26FN5O/c1-2-25-23-20-35(30(37)32-26-17-10-9-16-24(26)31)28(21-12-5-3-6-13-21)27-18-11-19-34(27)29(23)36(33-25)22-14-7-4-8-15-22/h3-19,28H,2,20H2,1H3,(H,32,37)/t28-/m1/s1. The van der Waals surface area contributed by atoms with E-state index in [0.717, 1.165) is 34.0 Å². The zero-order chi connectivity index (χ0) is 25.4. The maximum absolute atomic E-state index is 14.5. The van der Waals surface area contributed by atoms with E-state index in [2.05, 4.69) is 16.8 Å². The van der Waals surface area contributed by atoms with Crippen molar-refractivity contribution in [3.8, 4) is 11.5 Å². The Balaban J connectivity index is 1.56. The van der Waals surface area contributed by atoms with Gasteiger partial charge in [-0.25, -0.2) is 13.9 Å². The third-order valence-corrected chi connectivity index (χ3v) is 6.80. The fraction of sp³-hybridized carbons (Fsp3) is 0.133. The average molecular weight is 492 g/mol. The lowest BCUT2D eigenvalue weighted by Crippen LogP contribution is -2.38. The van der Waals surface area contributed by atoms with Crippen LogP contribution in [0.5, 0.6) is 0 Å². The number of anilines is 1. The quantitative estimate of drug-likeness (QED) is 0.312. The number of amides is 2. The molecule has 0 aliphatic carbocycles. The monoisotopic (exact) mass is 491 g/mol. The number of benzene rings is 3. The summed E-state index contributed by atoms with van der Waals surface area (Å²) in [6.07, 6.45) is 2.72. The third-order valence-electron chi connectivity index (χ3n) is 6.80. The van der Waals surface area contributed by atoms with E-state index in [1.165, 1.54) is 6.07 Å². The molecule has 0 saturated carbocycles. The highest BCUT2D eigenvalue weighted by molar-refractivity contribution is 5.90. The molecule has 0 radical (unpaired) electrons. The molecule has 0 spiro atoms. The number of rotatable bonds is 4. The molecule has 37 heavy (non-hydrogen) atoms. The summed E-state index contributed by atoms with van der Waals surface area (Å²) in [6, 6.07) is 29.4. The molecule has 0 fully saturated rings. The maximum atomic E-state index is 14.5. The summed E-state index contributed by atoms with van der Waals surface area (Å²) in [5, 5.41) is 7.78. The molecule has 0 bridgehead atoms. The minimum absolute atomic E-state index is 0.148. The van der Waals surface area contributed by atoms with Crippen molar-refractivity contribution in [3.63, 3.8) is 0 Å². The molecular weight excluding hydrogens is 465 g/mol. The van der Waals surface area contributed by atoms with Crippen molar-refractivity contribution in [1.82, 2.24) is 19.2 Å². The Morgan fingerprint density at radius 1 is 0.946 bits per heavy atom. The van der Waals surface area contributed by atoms with Gasteiger partial charge in [-0.2, -0.15) is 5.10 Å². The second kappa shape index (κ2) is 9.43. The van der Waals surface area contributed by atoms with Crippen LogP contribution in [0.1, 0.15) is 35.5 Å². The van der Waals surface area contributed by atoms with Crippen LogP contribution in [0.25, 0.3) is 11.5 Å². The van der Waals surface area contributed by atoms with Crippen molar-refractivity contribution < 1.29 is 9.18 Å². The first kappa shape index (κ1) is 22.8. The van der Waals surface area contributed by atoms with Crippen molar-refractivity contribution in [2.75, 3.05) is 5.32 Å². The Hall–Kier alpha value is -4.65. The number of urea groups is 1. The summed E-state index contributed by atoms with van der Waals surface area (Å²) < 4.78 is 18.6. The van der Waals surface area contributed by atoms with E-state index in [4.69, 9.17) is 5.10 Å². The zero-order valence-corrected chi connectivity index (χ0v) is 20.4. The molecule has 2 aromatic heterocycles. The number of aromatic nitrogens is 3. The molecule has 1 N–H and O–H groups in total. The highest BCUT2D eigenvalue weighted by Gasteiger charge is 2.36. The Labute approximate surface area is 214 Å². The lowest BCUT2D eigenvalue weighted by atomic mass is 10.0. The molecule has 6 nitrogen and oxygen atoms in total. The number of para-hydroxylation sites is 2. The molecule has 184 valence electrons. The number of aryl methyl sites for hydroxylation is 1. The number of nitrogens with one attached hydrogen (secondary N) is 1. The van der Waals surface area contributed by atoms with Crippen LogP contribution in [0.15, 0.2) is 103 Å². The summed E-state index contributed by atoms with van der Waals surface area (Å²) in [5.74, 6) is 0.433. The predicted molar refractivity (Wildman–Crippen MR) is 142 cm³/mol. The van der Waals surface area contributed by atoms with E-state index in [0.29, 0.717) is 13.0 Å². The van der Waals surface area contributed by atoms with Gasteiger partial charge in [0.25, 0.3) is 0 Å². The summed E-state index contributed by atoms with van der Waals surface area (Å²) in [5.41, 5.74) is 4.86. The molecule has 1 aliphatic rings. The fourth-order valence-corrected chi connectivity index (χ4v) is 5.08. The smallest absolute Gasteiger partial charge is 0.307 e. The van der Waals surface area contributed by atoms with Crippen LogP contribution in [-0.4, -0.2) is 25.3 Å². The van der Waals surface area contributed by atoms with Crippen molar-refractivity contribution in [2.45, 2.75) is 25.9 Å². The van der Waals surface area contributed by atoms with Gasteiger partial charge in [0.2, 0.25) is 0 Å². The molecule has 5 aromatic rings. The van der Waals surface area contributed by atoms with Crippen molar-refractivity contribution in [3.05, 3.63) is 132 Å². The van der Waals surface area contributed by atoms with E-state index in [1.54, 1.807) is 23.1 Å². The van der Waals surface area contributed by atoms with E-state index < -0.39 is 11.9 Å². The number of carbonyl (C=O) groups is 1. The molecule has 3 aromatic carbocycles. The lowest BCUT2D eigenvalue weighted by Gasteiger charge is -2.31. The Morgan fingerprint density at radius 3 is 2.38 bits per heavy atom. The molecule has 6 rings (SSSR count). The summed E-state index contributed by atoms with van der Waals surface area (Å²) in [7, 11) is 0. The van der Waals surface area contributed by atoms with Crippen LogP contribution in [0.2, 0.25) is 0 Å². The van der Waals surface area contributed by atoms with E-state index >= 15 is 0 Å². The molecule has 2 amide bonds. The average Bonchev–Trinajstić information content (AvgIpc) is 3.52. The summed E-state index contributed by atoms with van der Waals surface area (Å²) in [6.45, 7) is 2.38. The summed E-state index contributed by atoms with van der Waals surface area (Å²) >= 11 is 0. The second-order valence-corrected chi connectivity index (χ2v) is 9.00. The van der Waals surface area contributed by atoms with Crippen LogP contribution in [0, 0.1) is 5.82 Å². The Kier molecular flexibility index (Phi) is 5.81. The Morgan fingerprint density at radius 2 is 1.65 bits per heavy atom. The second-order valence-electron chi connectivity index (χ2n) is 9.00. The Bertz CT molecular complexity index is 1560. The SMILES string of the molecule is CCc1nn(-c2ccccc2)c2c1CN(C(=O)Nc1ccccc1F)[C@H](c1ccccc1)c1cccn1-2. The van der Waals surface area contributed by atoms with Gasteiger partial charge in [-0.3, -0.25) is 0 Å². The van der Waals surface area contributed by atoms with Crippen LogP contribution < -0.4 is 5.32 Å². The van der Waals surface area contributed by atoms with Gasteiger partial charge < -0.3 is 14.8 Å². The first-order chi connectivity index (χ1) is 18.2. The number of halogens is 1. The number of carbonyl (C=O) groups excluding carboxylic acids is 1. The molecule has 0 saturated heterocycles. The van der Waals surface area contributed by atoms with Crippen LogP contribution in [0.3, 0.4) is 0 Å². The molecule has 1 aliphatic heterocycles. The van der Waals surface area contributed by atoms with E-state index in [9.17, 15) is 9.18 Å². The number of fused-ring (bicyclic) bond motifs is 3. The van der Waals surface area contributed by atoms with E-state index in [1.807, 2.05) is 83.7 Å². The van der Waals surface area contributed by atoms with Crippen molar-refractivity contribution in [2.24, 2.45) is 0 Å². The molecule has 1 atom stereocenters. The van der Waals surface area contributed by atoms with Crippen LogP contribution in [-0.2, 0) is 13.0 Å². The lowest BCUT2D eigenvalue weighted by molar-refractivity contribution is 0.194. The van der Waals surface area contributed by atoms with Gasteiger partial charge in [0.1, 0.15) is 11.6 Å².